The molecule has 0 heterocycles. The van der Waals surface area contributed by atoms with Crippen LogP contribution in [0, 0.1) is 17.0 Å². The van der Waals surface area contributed by atoms with Crippen LogP contribution in [0.5, 0.6) is 5.75 Å². The van der Waals surface area contributed by atoms with Gasteiger partial charge in [-0.2, -0.15) is 0 Å². The van der Waals surface area contributed by atoms with Crippen molar-refractivity contribution in [1.29, 1.82) is 0 Å². The number of nitro benzene ring substituents is 1. The Labute approximate surface area is 122 Å². The molecule has 7 heteroatoms. The summed E-state index contributed by atoms with van der Waals surface area (Å²) in [6.45, 7) is 3.76. The predicted octanol–water partition coefficient (Wildman–Crippen LogP) is 2.25. The van der Waals surface area contributed by atoms with Crippen LogP contribution in [0.15, 0.2) is 18.2 Å². The summed E-state index contributed by atoms with van der Waals surface area (Å²) in [6.07, 6.45) is 1.15. The number of nitrogens with zero attached hydrogens (tertiary/aromatic N) is 1. The molecule has 116 valence electrons. The first-order chi connectivity index (χ1) is 9.80. The fraction of sp³-hybridized carbons (Fsp3) is 0.500. The molecule has 0 saturated heterocycles. The van der Waals surface area contributed by atoms with Crippen LogP contribution in [-0.2, 0) is 4.79 Å². The van der Waals surface area contributed by atoms with Gasteiger partial charge in [-0.05, 0) is 37.8 Å². The number of hydrogen-bond donors (Lipinski definition) is 2. The molecule has 0 radical (unpaired) electrons. The zero-order valence-electron chi connectivity index (χ0n) is 12.2. The van der Waals surface area contributed by atoms with Gasteiger partial charge in [-0.15, -0.1) is 0 Å². The molecule has 1 aromatic rings. The van der Waals surface area contributed by atoms with Crippen LogP contribution in [0.2, 0.25) is 0 Å². The molecule has 21 heavy (non-hydrogen) atoms. The van der Waals surface area contributed by atoms with Crippen LogP contribution in [0.25, 0.3) is 0 Å². The number of aliphatic carboxylic acids is 1. The van der Waals surface area contributed by atoms with Gasteiger partial charge in [0.1, 0.15) is 11.3 Å². The lowest BCUT2D eigenvalue weighted by Crippen LogP contribution is -2.47. The molecule has 3 N–H and O–H groups in total. The summed E-state index contributed by atoms with van der Waals surface area (Å²) >= 11 is 0. The van der Waals surface area contributed by atoms with Crippen molar-refractivity contribution in [1.82, 2.24) is 0 Å². The Bertz CT molecular complexity index is 532. The molecule has 1 aromatic carbocycles. The van der Waals surface area contributed by atoms with Crippen LogP contribution >= 0.6 is 0 Å². The monoisotopic (exact) mass is 296 g/mol. The Kier molecular flexibility index (Phi) is 5.66. The average Bonchev–Trinajstić information content (AvgIpc) is 2.44. The van der Waals surface area contributed by atoms with Crippen LogP contribution in [-0.4, -0.2) is 28.1 Å². The molecule has 0 saturated carbocycles. The van der Waals surface area contributed by atoms with E-state index in [0.717, 1.165) is 0 Å². The Balaban J connectivity index is 2.53. The number of non-ortho nitro benzene ring substituents is 1. The zero-order chi connectivity index (χ0) is 16.0. The number of aryl methyl sites for hydroxylation is 1. The summed E-state index contributed by atoms with van der Waals surface area (Å²) < 4.78 is 5.52. The summed E-state index contributed by atoms with van der Waals surface area (Å²) in [5, 5.41) is 19.7. The van der Waals surface area contributed by atoms with Crippen LogP contribution < -0.4 is 10.5 Å². The molecule has 0 fully saturated rings. The van der Waals surface area contributed by atoms with Crippen molar-refractivity contribution in [2.45, 2.75) is 38.6 Å². The molecule has 0 aliphatic rings. The van der Waals surface area contributed by atoms with E-state index >= 15 is 0 Å². The standard InChI is InChI=1S/C14H20N2O5/c1-3-14(15,13(17)18)7-4-8-21-12-6-5-11(16(19)20)9-10(12)2/h5-6,9H,3-4,7-8,15H2,1-2H3,(H,17,18). The summed E-state index contributed by atoms with van der Waals surface area (Å²) in [7, 11) is 0. The first-order valence-electron chi connectivity index (χ1n) is 6.70. The maximum atomic E-state index is 11.0. The predicted molar refractivity (Wildman–Crippen MR) is 77.4 cm³/mol. The molecule has 0 bridgehead atoms. The third-order valence-electron chi connectivity index (χ3n) is 3.45. The molecule has 0 amide bonds. The molecule has 0 aliphatic heterocycles. The third kappa shape index (κ3) is 4.42. The minimum Gasteiger partial charge on any atom is -0.493 e. The molecule has 1 atom stereocenters. The number of carboxylic acids is 1. The van der Waals surface area contributed by atoms with Gasteiger partial charge >= 0.3 is 5.97 Å². The highest BCUT2D eigenvalue weighted by molar-refractivity contribution is 5.78. The SMILES string of the molecule is CCC(N)(CCCOc1ccc([N+](=O)[O-])cc1C)C(=O)O. The van der Waals surface area contributed by atoms with Crippen molar-refractivity contribution >= 4 is 11.7 Å². The lowest BCUT2D eigenvalue weighted by Gasteiger charge is -2.22. The minimum atomic E-state index is -1.23. The first kappa shape index (κ1) is 16.9. The van der Waals surface area contributed by atoms with Gasteiger partial charge in [-0.3, -0.25) is 14.9 Å². The van der Waals surface area contributed by atoms with E-state index in [1.807, 2.05) is 0 Å². The van der Waals surface area contributed by atoms with Crippen molar-refractivity contribution in [2.75, 3.05) is 6.61 Å². The number of benzene rings is 1. The second kappa shape index (κ2) is 7.03. The highest BCUT2D eigenvalue weighted by Crippen LogP contribution is 2.23. The minimum absolute atomic E-state index is 0.0117. The molecule has 1 rings (SSSR count). The summed E-state index contributed by atoms with van der Waals surface area (Å²) in [4.78, 5) is 21.2. The topological polar surface area (TPSA) is 116 Å². The fourth-order valence-electron chi connectivity index (χ4n) is 1.91. The molecular formula is C14H20N2O5. The van der Waals surface area contributed by atoms with E-state index in [1.54, 1.807) is 19.9 Å². The maximum absolute atomic E-state index is 11.0. The highest BCUT2D eigenvalue weighted by Gasteiger charge is 2.31. The van der Waals surface area contributed by atoms with Crippen molar-refractivity contribution in [3.05, 3.63) is 33.9 Å². The van der Waals surface area contributed by atoms with E-state index in [4.69, 9.17) is 15.6 Å². The molecule has 0 spiro atoms. The normalized spacial score (nSPS) is 13.5. The van der Waals surface area contributed by atoms with E-state index in [0.29, 0.717) is 37.2 Å². The second-order valence-electron chi connectivity index (χ2n) is 4.97. The van der Waals surface area contributed by atoms with Gasteiger partial charge in [0.05, 0.1) is 11.5 Å². The molecule has 1 unspecified atom stereocenters. The third-order valence-corrected chi connectivity index (χ3v) is 3.45. The van der Waals surface area contributed by atoms with E-state index in [1.165, 1.54) is 12.1 Å². The van der Waals surface area contributed by atoms with Gasteiger partial charge in [0.2, 0.25) is 0 Å². The average molecular weight is 296 g/mol. The Morgan fingerprint density at radius 1 is 1.52 bits per heavy atom. The highest BCUT2D eigenvalue weighted by atomic mass is 16.6. The Morgan fingerprint density at radius 3 is 2.67 bits per heavy atom. The van der Waals surface area contributed by atoms with Crippen LogP contribution in [0.1, 0.15) is 31.7 Å². The zero-order valence-corrected chi connectivity index (χ0v) is 12.2. The number of hydrogen-bond acceptors (Lipinski definition) is 5. The van der Waals surface area contributed by atoms with Gasteiger partial charge < -0.3 is 15.6 Å². The van der Waals surface area contributed by atoms with E-state index in [2.05, 4.69) is 0 Å². The van der Waals surface area contributed by atoms with E-state index in [9.17, 15) is 14.9 Å². The summed E-state index contributed by atoms with van der Waals surface area (Å²) in [5.74, 6) is -0.466. The number of rotatable bonds is 8. The van der Waals surface area contributed by atoms with Crippen molar-refractivity contribution in [3.8, 4) is 5.75 Å². The lowest BCUT2D eigenvalue weighted by molar-refractivity contribution is -0.384. The second-order valence-corrected chi connectivity index (χ2v) is 4.97. The van der Waals surface area contributed by atoms with Crippen molar-refractivity contribution in [2.24, 2.45) is 5.73 Å². The van der Waals surface area contributed by atoms with Crippen molar-refractivity contribution in [3.63, 3.8) is 0 Å². The van der Waals surface area contributed by atoms with E-state index in [-0.39, 0.29) is 5.69 Å². The molecule has 7 nitrogen and oxygen atoms in total. The molecule has 0 aromatic heterocycles. The maximum Gasteiger partial charge on any atom is 0.323 e. The van der Waals surface area contributed by atoms with Crippen molar-refractivity contribution < 1.29 is 19.6 Å². The number of carbonyl (C=O) groups is 1. The van der Waals surface area contributed by atoms with Gasteiger partial charge in [0.25, 0.3) is 5.69 Å². The van der Waals surface area contributed by atoms with Gasteiger partial charge in [0.15, 0.2) is 0 Å². The fourth-order valence-corrected chi connectivity index (χ4v) is 1.91. The van der Waals surface area contributed by atoms with Crippen LogP contribution in [0.4, 0.5) is 5.69 Å². The Morgan fingerprint density at radius 2 is 2.19 bits per heavy atom. The van der Waals surface area contributed by atoms with Crippen LogP contribution in [0.3, 0.4) is 0 Å². The van der Waals surface area contributed by atoms with Gasteiger partial charge in [0, 0.05) is 12.1 Å². The molecule has 0 aliphatic carbocycles. The number of ether oxygens (including phenoxy) is 1. The summed E-state index contributed by atoms with van der Waals surface area (Å²) in [5.41, 5.74) is 5.22. The van der Waals surface area contributed by atoms with E-state index < -0.39 is 16.4 Å². The Hall–Kier alpha value is -2.15. The number of nitro groups is 1. The molecular weight excluding hydrogens is 276 g/mol. The first-order valence-corrected chi connectivity index (χ1v) is 6.70. The smallest absolute Gasteiger partial charge is 0.323 e. The quantitative estimate of drug-likeness (QED) is 0.432. The number of carboxylic acid groups (broad SMARTS) is 1. The summed E-state index contributed by atoms with van der Waals surface area (Å²) in [6, 6.07) is 4.35. The number of nitrogens with two attached hydrogens (primary N) is 1. The largest absolute Gasteiger partial charge is 0.493 e. The lowest BCUT2D eigenvalue weighted by atomic mass is 9.92. The van der Waals surface area contributed by atoms with Gasteiger partial charge in [-0.1, -0.05) is 6.92 Å². The van der Waals surface area contributed by atoms with Gasteiger partial charge in [-0.25, -0.2) is 0 Å².